The number of halogens is 1. The van der Waals surface area contributed by atoms with Crippen molar-refractivity contribution >= 4 is 29.1 Å². The fourth-order valence-electron chi connectivity index (χ4n) is 5.46. The van der Waals surface area contributed by atoms with Crippen LogP contribution in [0.2, 0.25) is 5.02 Å². The van der Waals surface area contributed by atoms with Crippen LogP contribution in [0.15, 0.2) is 66.7 Å². The van der Waals surface area contributed by atoms with Crippen LogP contribution >= 0.6 is 11.6 Å². The van der Waals surface area contributed by atoms with Gasteiger partial charge in [0.2, 0.25) is 5.91 Å². The van der Waals surface area contributed by atoms with Gasteiger partial charge in [0.1, 0.15) is 11.5 Å². The molecular formula is C31H34ClN3O5. The quantitative estimate of drug-likeness (QED) is 0.395. The number of carbonyl (C=O) groups excluding carboxylic acids is 2. The van der Waals surface area contributed by atoms with E-state index in [1.54, 1.807) is 31.4 Å². The SMILES string of the molecule is CCOc1ccc([C@@H]2[C@H](C(=O)Nc3ccc(OC)c(Cl)c3)c3ccccc3C(=O)N2CCN2CCOCC2)cc1. The molecule has 2 aliphatic rings. The predicted molar refractivity (Wildman–Crippen MR) is 154 cm³/mol. The van der Waals surface area contributed by atoms with E-state index in [1.165, 1.54) is 0 Å². The summed E-state index contributed by atoms with van der Waals surface area (Å²) in [7, 11) is 1.54. The molecule has 40 heavy (non-hydrogen) atoms. The molecule has 2 amide bonds. The summed E-state index contributed by atoms with van der Waals surface area (Å²) in [5.74, 6) is 0.297. The van der Waals surface area contributed by atoms with E-state index >= 15 is 0 Å². The van der Waals surface area contributed by atoms with Gasteiger partial charge in [-0.2, -0.15) is 0 Å². The number of morpholine rings is 1. The molecule has 2 atom stereocenters. The molecular weight excluding hydrogens is 530 g/mol. The maximum Gasteiger partial charge on any atom is 0.254 e. The maximum absolute atomic E-state index is 14.1. The molecule has 0 aromatic heterocycles. The van der Waals surface area contributed by atoms with Gasteiger partial charge in [-0.05, 0) is 54.4 Å². The highest BCUT2D eigenvalue weighted by Crippen LogP contribution is 2.44. The zero-order valence-electron chi connectivity index (χ0n) is 22.8. The molecule has 0 radical (unpaired) electrons. The monoisotopic (exact) mass is 563 g/mol. The van der Waals surface area contributed by atoms with Gasteiger partial charge in [0.25, 0.3) is 5.91 Å². The molecule has 0 saturated carbocycles. The van der Waals surface area contributed by atoms with E-state index in [1.807, 2.05) is 54.3 Å². The molecule has 0 bridgehead atoms. The molecule has 9 heteroatoms. The second-order valence-electron chi connectivity index (χ2n) is 9.80. The number of ether oxygens (including phenoxy) is 3. The van der Waals surface area contributed by atoms with Crippen molar-refractivity contribution in [1.29, 1.82) is 0 Å². The Labute approximate surface area is 239 Å². The molecule has 1 N–H and O–H groups in total. The van der Waals surface area contributed by atoms with E-state index in [4.69, 9.17) is 25.8 Å². The number of rotatable bonds is 9. The Balaban J connectivity index is 1.54. The second-order valence-corrected chi connectivity index (χ2v) is 10.2. The lowest BCUT2D eigenvalue weighted by Crippen LogP contribution is -2.49. The third-order valence-electron chi connectivity index (χ3n) is 7.43. The zero-order chi connectivity index (χ0) is 28.1. The van der Waals surface area contributed by atoms with Crippen LogP contribution in [0.25, 0.3) is 0 Å². The van der Waals surface area contributed by atoms with E-state index in [-0.39, 0.29) is 11.8 Å². The van der Waals surface area contributed by atoms with Gasteiger partial charge in [0.15, 0.2) is 0 Å². The van der Waals surface area contributed by atoms with Crippen molar-refractivity contribution in [2.45, 2.75) is 18.9 Å². The van der Waals surface area contributed by atoms with E-state index in [9.17, 15) is 9.59 Å². The third kappa shape index (κ3) is 5.94. The van der Waals surface area contributed by atoms with Gasteiger partial charge in [-0.15, -0.1) is 0 Å². The summed E-state index contributed by atoms with van der Waals surface area (Å²) >= 11 is 6.35. The van der Waals surface area contributed by atoms with Crippen LogP contribution in [0.4, 0.5) is 5.69 Å². The van der Waals surface area contributed by atoms with Crippen molar-refractivity contribution in [3.63, 3.8) is 0 Å². The number of nitrogens with one attached hydrogen (secondary N) is 1. The van der Waals surface area contributed by atoms with Crippen molar-refractivity contribution in [3.05, 3.63) is 88.4 Å². The molecule has 1 fully saturated rings. The lowest BCUT2D eigenvalue weighted by Gasteiger charge is -2.42. The molecule has 8 nitrogen and oxygen atoms in total. The summed E-state index contributed by atoms with van der Waals surface area (Å²) in [4.78, 5) is 32.3. The van der Waals surface area contributed by atoms with Crippen LogP contribution in [0.1, 0.15) is 40.4 Å². The minimum Gasteiger partial charge on any atom is -0.495 e. The number of anilines is 1. The molecule has 0 unspecified atom stereocenters. The Hall–Kier alpha value is -3.59. The van der Waals surface area contributed by atoms with Crippen molar-refractivity contribution in [1.82, 2.24) is 9.80 Å². The number of methoxy groups -OCH3 is 1. The lowest BCUT2D eigenvalue weighted by molar-refractivity contribution is -0.119. The van der Waals surface area contributed by atoms with Crippen LogP contribution < -0.4 is 14.8 Å². The van der Waals surface area contributed by atoms with E-state index in [0.717, 1.165) is 24.4 Å². The topological polar surface area (TPSA) is 80.3 Å². The van der Waals surface area contributed by atoms with Gasteiger partial charge in [-0.1, -0.05) is 41.9 Å². The zero-order valence-corrected chi connectivity index (χ0v) is 23.5. The first-order chi connectivity index (χ1) is 19.5. The number of fused-ring (bicyclic) bond motifs is 1. The van der Waals surface area contributed by atoms with Crippen molar-refractivity contribution in [2.24, 2.45) is 0 Å². The van der Waals surface area contributed by atoms with E-state index < -0.39 is 12.0 Å². The van der Waals surface area contributed by atoms with Crippen LogP contribution in [0.3, 0.4) is 0 Å². The number of nitrogens with zero attached hydrogens (tertiary/aromatic N) is 2. The Morgan fingerprint density at radius 1 is 1.05 bits per heavy atom. The maximum atomic E-state index is 14.1. The number of carbonyl (C=O) groups is 2. The van der Waals surface area contributed by atoms with Crippen LogP contribution in [-0.2, 0) is 9.53 Å². The average Bonchev–Trinajstić information content (AvgIpc) is 2.98. The Kier molecular flexibility index (Phi) is 8.89. The highest BCUT2D eigenvalue weighted by Gasteiger charge is 2.44. The average molecular weight is 564 g/mol. The van der Waals surface area contributed by atoms with Crippen LogP contribution in [0.5, 0.6) is 11.5 Å². The minimum atomic E-state index is -0.655. The van der Waals surface area contributed by atoms with Gasteiger partial charge in [-0.3, -0.25) is 14.5 Å². The van der Waals surface area contributed by atoms with E-state index in [0.29, 0.717) is 60.5 Å². The summed E-state index contributed by atoms with van der Waals surface area (Å²) in [6.07, 6.45) is 0. The first kappa shape index (κ1) is 28.0. The Bertz CT molecular complexity index is 1340. The largest absolute Gasteiger partial charge is 0.495 e. The predicted octanol–water partition coefficient (Wildman–Crippen LogP) is 5.00. The summed E-state index contributed by atoms with van der Waals surface area (Å²) in [5.41, 5.74) is 2.65. The van der Waals surface area contributed by atoms with Crippen molar-refractivity contribution in [2.75, 3.05) is 58.4 Å². The van der Waals surface area contributed by atoms with Gasteiger partial charge < -0.3 is 24.4 Å². The molecule has 3 aromatic carbocycles. The molecule has 3 aromatic rings. The number of hydrogen-bond acceptors (Lipinski definition) is 6. The summed E-state index contributed by atoms with van der Waals surface area (Å²) in [6, 6.07) is 19.7. The van der Waals surface area contributed by atoms with Gasteiger partial charge >= 0.3 is 0 Å². The number of benzene rings is 3. The van der Waals surface area contributed by atoms with Crippen LogP contribution in [0, 0.1) is 0 Å². The fourth-order valence-corrected chi connectivity index (χ4v) is 5.72. The molecule has 2 aliphatic heterocycles. The molecule has 0 aliphatic carbocycles. The van der Waals surface area contributed by atoms with Crippen LogP contribution in [-0.4, -0.2) is 74.7 Å². The smallest absolute Gasteiger partial charge is 0.254 e. The number of hydrogen-bond donors (Lipinski definition) is 1. The van der Waals surface area contributed by atoms with E-state index in [2.05, 4.69) is 10.2 Å². The fraction of sp³-hybridized carbons (Fsp3) is 0.355. The highest BCUT2D eigenvalue weighted by atomic mass is 35.5. The summed E-state index contributed by atoms with van der Waals surface area (Å²) < 4.78 is 16.4. The lowest BCUT2D eigenvalue weighted by atomic mass is 9.79. The van der Waals surface area contributed by atoms with Crippen molar-refractivity contribution in [3.8, 4) is 11.5 Å². The van der Waals surface area contributed by atoms with Gasteiger partial charge in [0.05, 0.1) is 43.9 Å². The minimum absolute atomic E-state index is 0.0840. The normalized spacial score (nSPS) is 19.2. The van der Waals surface area contributed by atoms with Gasteiger partial charge in [-0.25, -0.2) is 0 Å². The standard InChI is InChI=1S/C31H34ClN3O5/c1-3-40-23-11-8-21(9-12-23)29-28(30(36)33-22-10-13-27(38-2)26(32)20-22)24-6-4-5-7-25(24)31(37)35(29)15-14-34-16-18-39-19-17-34/h4-13,20,28-29H,3,14-19H2,1-2H3,(H,33,36)/t28-,29-/m1/s1. The van der Waals surface area contributed by atoms with Gasteiger partial charge in [0, 0.05) is 37.4 Å². The molecule has 1 saturated heterocycles. The summed E-state index contributed by atoms with van der Waals surface area (Å²) in [6.45, 7) is 6.63. The summed E-state index contributed by atoms with van der Waals surface area (Å²) in [5, 5.41) is 3.45. The van der Waals surface area contributed by atoms with Crippen molar-refractivity contribution < 1.29 is 23.8 Å². The second kappa shape index (κ2) is 12.7. The molecule has 5 rings (SSSR count). The molecule has 2 heterocycles. The molecule has 0 spiro atoms. The third-order valence-corrected chi connectivity index (χ3v) is 7.73. The first-order valence-corrected chi connectivity index (χ1v) is 13.9. The first-order valence-electron chi connectivity index (χ1n) is 13.6. The molecule has 210 valence electrons. The Morgan fingerprint density at radius 3 is 2.50 bits per heavy atom. The number of amides is 2. The Morgan fingerprint density at radius 2 is 1.80 bits per heavy atom. The highest BCUT2D eigenvalue weighted by molar-refractivity contribution is 6.32.